The SMILES string of the molecule is CS(=O)(=O)CCCN1CCCCC1C(=O)N1CCOCC1. The van der Waals surface area contributed by atoms with Gasteiger partial charge in [-0.1, -0.05) is 6.42 Å². The maximum Gasteiger partial charge on any atom is 0.240 e. The molecular weight excluding hydrogens is 292 g/mol. The van der Waals surface area contributed by atoms with Crippen LogP contribution in [0.5, 0.6) is 0 Å². The predicted octanol–water partition coefficient (Wildman–Crippen LogP) is 0.134. The lowest BCUT2D eigenvalue weighted by atomic mass is 10.0. The molecule has 1 amide bonds. The second-order valence-corrected chi connectivity index (χ2v) is 8.23. The Labute approximate surface area is 127 Å². The van der Waals surface area contributed by atoms with E-state index >= 15 is 0 Å². The van der Waals surface area contributed by atoms with E-state index in [-0.39, 0.29) is 17.7 Å². The number of nitrogens with zero attached hydrogens (tertiary/aromatic N) is 2. The Balaban J connectivity index is 1.89. The van der Waals surface area contributed by atoms with Gasteiger partial charge in [-0.05, 0) is 32.4 Å². The van der Waals surface area contributed by atoms with Crippen LogP contribution in [0.1, 0.15) is 25.7 Å². The first-order chi connectivity index (χ1) is 9.97. The van der Waals surface area contributed by atoms with Crippen LogP contribution < -0.4 is 0 Å². The second kappa shape index (κ2) is 7.56. The minimum atomic E-state index is -2.92. The molecule has 0 aromatic rings. The van der Waals surface area contributed by atoms with Crippen molar-refractivity contribution < 1.29 is 17.9 Å². The fraction of sp³-hybridized carbons (Fsp3) is 0.929. The molecule has 0 saturated carbocycles. The summed E-state index contributed by atoms with van der Waals surface area (Å²) in [5.74, 6) is 0.388. The van der Waals surface area contributed by atoms with Crippen molar-refractivity contribution in [1.29, 1.82) is 0 Å². The molecule has 2 saturated heterocycles. The van der Waals surface area contributed by atoms with Gasteiger partial charge in [0, 0.05) is 19.3 Å². The second-order valence-electron chi connectivity index (χ2n) is 5.97. The minimum absolute atomic E-state index is 0.0728. The molecule has 2 aliphatic rings. The highest BCUT2D eigenvalue weighted by Crippen LogP contribution is 2.20. The van der Waals surface area contributed by atoms with Crippen LogP contribution in [0.15, 0.2) is 0 Å². The van der Waals surface area contributed by atoms with E-state index in [4.69, 9.17) is 4.74 Å². The molecule has 0 aromatic heterocycles. The lowest BCUT2D eigenvalue weighted by Gasteiger charge is -2.38. The van der Waals surface area contributed by atoms with Crippen LogP contribution in [0, 0.1) is 0 Å². The van der Waals surface area contributed by atoms with Crippen molar-refractivity contribution in [2.24, 2.45) is 0 Å². The van der Waals surface area contributed by atoms with E-state index in [1.165, 1.54) is 6.26 Å². The lowest BCUT2D eigenvalue weighted by Crippen LogP contribution is -2.53. The normalized spacial score (nSPS) is 25.0. The molecule has 21 heavy (non-hydrogen) atoms. The summed E-state index contributed by atoms with van der Waals surface area (Å²) in [6.45, 7) is 4.16. The highest BCUT2D eigenvalue weighted by atomic mass is 32.2. The van der Waals surface area contributed by atoms with Gasteiger partial charge in [0.15, 0.2) is 0 Å². The summed E-state index contributed by atoms with van der Waals surface area (Å²) in [5, 5.41) is 0. The number of morpholine rings is 1. The van der Waals surface area contributed by atoms with Gasteiger partial charge >= 0.3 is 0 Å². The molecule has 0 N–H and O–H groups in total. The Bertz CT molecular complexity index is 446. The van der Waals surface area contributed by atoms with E-state index in [9.17, 15) is 13.2 Å². The monoisotopic (exact) mass is 318 g/mol. The number of ether oxygens (including phenoxy) is 1. The molecule has 122 valence electrons. The van der Waals surface area contributed by atoms with Crippen LogP contribution in [0.4, 0.5) is 0 Å². The fourth-order valence-corrected chi connectivity index (χ4v) is 3.72. The molecule has 7 heteroatoms. The van der Waals surface area contributed by atoms with Gasteiger partial charge in [0.2, 0.25) is 5.91 Å². The number of sulfone groups is 1. The zero-order valence-corrected chi connectivity index (χ0v) is 13.6. The first kappa shape index (κ1) is 16.7. The molecule has 0 radical (unpaired) electrons. The number of piperidine rings is 1. The number of likely N-dealkylation sites (tertiary alicyclic amines) is 1. The summed E-state index contributed by atoms with van der Waals surface area (Å²) in [7, 11) is -2.92. The van der Waals surface area contributed by atoms with Crippen LogP contribution >= 0.6 is 0 Å². The van der Waals surface area contributed by atoms with Gasteiger partial charge in [0.1, 0.15) is 9.84 Å². The number of rotatable bonds is 5. The highest BCUT2D eigenvalue weighted by molar-refractivity contribution is 7.90. The van der Waals surface area contributed by atoms with Gasteiger partial charge in [-0.15, -0.1) is 0 Å². The van der Waals surface area contributed by atoms with Crippen LogP contribution in [0.3, 0.4) is 0 Å². The van der Waals surface area contributed by atoms with E-state index in [1.807, 2.05) is 4.90 Å². The van der Waals surface area contributed by atoms with Crippen molar-refractivity contribution in [1.82, 2.24) is 9.80 Å². The highest BCUT2D eigenvalue weighted by Gasteiger charge is 2.32. The van der Waals surface area contributed by atoms with Gasteiger partial charge in [-0.25, -0.2) is 8.42 Å². The van der Waals surface area contributed by atoms with E-state index in [0.29, 0.717) is 39.3 Å². The fourth-order valence-electron chi connectivity index (χ4n) is 3.06. The third-order valence-corrected chi connectivity index (χ3v) is 5.21. The third kappa shape index (κ3) is 5.23. The van der Waals surface area contributed by atoms with Gasteiger partial charge in [0.25, 0.3) is 0 Å². The van der Waals surface area contributed by atoms with Crippen LogP contribution in [0.25, 0.3) is 0 Å². The predicted molar refractivity (Wildman–Crippen MR) is 80.9 cm³/mol. The Morgan fingerprint density at radius 3 is 2.57 bits per heavy atom. The van der Waals surface area contributed by atoms with Gasteiger partial charge < -0.3 is 9.64 Å². The largest absolute Gasteiger partial charge is 0.378 e. The molecule has 6 nitrogen and oxygen atoms in total. The third-order valence-electron chi connectivity index (χ3n) is 4.18. The smallest absolute Gasteiger partial charge is 0.240 e. The Hall–Kier alpha value is -0.660. The topological polar surface area (TPSA) is 66.9 Å². The molecule has 2 aliphatic heterocycles. The summed E-state index contributed by atoms with van der Waals surface area (Å²) < 4.78 is 27.7. The first-order valence-electron chi connectivity index (χ1n) is 7.76. The molecule has 2 fully saturated rings. The molecule has 0 bridgehead atoms. The number of hydrogen-bond donors (Lipinski definition) is 0. The van der Waals surface area contributed by atoms with E-state index < -0.39 is 9.84 Å². The number of carbonyl (C=O) groups excluding carboxylic acids is 1. The number of amides is 1. The first-order valence-corrected chi connectivity index (χ1v) is 9.82. The van der Waals surface area contributed by atoms with E-state index in [2.05, 4.69) is 4.90 Å². The lowest BCUT2D eigenvalue weighted by molar-refractivity contribution is -0.142. The van der Waals surface area contributed by atoms with Gasteiger partial charge in [-0.2, -0.15) is 0 Å². The Morgan fingerprint density at radius 1 is 1.19 bits per heavy atom. The molecule has 0 aliphatic carbocycles. The zero-order chi connectivity index (χ0) is 15.3. The molecule has 0 spiro atoms. The molecule has 0 aromatic carbocycles. The van der Waals surface area contributed by atoms with Gasteiger partial charge in [-0.3, -0.25) is 9.69 Å². The van der Waals surface area contributed by atoms with Crippen LogP contribution in [-0.4, -0.2) is 81.6 Å². The van der Waals surface area contributed by atoms with Crippen molar-refractivity contribution >= 4 is 15.7 Å². The average Bonchev–Trinajstić information content (AvgIpc) is 2.47. The Kier molecular flexibility index (Phi) is 6.01. The number of carbonyl (C=O) groups is 1. The maximum absolute atomic E-state index is 12.6. The summed E-state index contributed by atoms with van der Waals surface area (Å²) in [6, 6.07) is -0.0728. The standard InChI is InChI=1S/C14H26N2O4S/c1-21(18,19)12-4-7-15-6-3-2-5-13(15)14(17)16-8-10-20-11-9-16/h13H,2-12H2,1H3. The van der Waals surface area contributed by atoms with Crippen molar-refractivity contribution in [2.45, 2.75) is 31.7 Å². The van der Waals surface area contributed by atoms with Crippen molar-refractivity contribution in [2.75, 3.05) is 51.4 Å². The van der Waals surface area contributed by atoms with Crippen LogP contribution in [-0.2, 0) is 19.4 Å². The molecule has 2 rings (SSSR count). The summed E-state index contributed by atoms with van der Waals surface area (Å²) in [6.07, 6.45) is 4.91. The molecular formula is C14H26N2O4S. The van der Waals surface area contributed by atoms with E-state index in [1.54, 1.807) is 0 Å². The summed E-state index contributed by atoms with van der Waals surface area (Å²) >= 11 is 0. The van der Waals surface area contributed by atoms with Crippen molar-refractivity contribution in [3.8, 4) is 0 Å². The Morgan fingerprint density at radius 2 is 1.90 bits per heavy atom. The zero-order valence-electron chi connectivity index (χ0n) is 12.8. The van der Waals surface area contributed by atoms with Crippen LogP contribution in [0.2, 0.25) is 0 Å². The van der Waals surface area contributed by atoms with E-state index in [0.717, 1.165) is 25.8 Å². The van der Waals surface area contributed by atoms with Crippen molar-refractivity contribution in [3.05, 3.63) is 0 Å². The number of hydrogen-bond acceptors (Lipinski definition) is 5. The van der Waals surface area contributed by atoms with Crippen molar-refractivity contribution in [3.63, 3.8) is 0 Å². The molecule has 2 heterocycles. The maximum atomic E-state index is 12.6. The molecule has 1 atom stereocenters. The summed E-state index contributed by atoms with van der Waals surface area (Å²) in [5.41, 5.74) is 0. The average molecular weight is 318 g/mol. The molecule has 1 unspecified atom stereocenters. The van der Waals surface area contributed by atoms with Gasteiger partial charge in [0.05, 0.1) is 25.0 Å². The summed E-state index contributed by atoms with van der Waals surface area (Å²) in [4.78, 5) is 16.7. The minimum Gasteiger partial charge on any atom is -0.378 e. The quantitative estimate of drug-likeness (QED) is 0.721.